The van der Waals surface area contributed by atoms with Crippen LogP contribution in [0.1, 0.15) is 43.6 Å². The van der Waals surface area contributed by atoms with Crippen LogP contribution in [0.25, 0.3) is 16.7 Å². The van der Waals surface area contributed by atoms with Gasteiger partial charge in [-0.3, -0.25) is 0 Å². The molecule has 2 aliphatic heterocycles. The van der Waals surface area contributed by atoms with E-state index in [-0.39, 0.29) is 16.9 Å². The van der Waals surface area contributed by atoms with Crippen molar-refractivity contribution < 1.29 is 18.9 Å². The van der Waals surface area contributed by atoms with Crippen LogP contribution in [0.3, 0.4) is 0 Å². The number of hydrogen-bond donors (Lipinski definition) is 1. The highest BCUT2D eigenvalue weighted by Crippen LogP contribution is 2.53. The number of thiocarbonyl (C=S) groups is 1. The van der Waals surface area contributed by atoms with Gasteiger partial charge < -0.3 is 24.3 Å². The second-order valence-corrected chi connectivity index (χ2v) is 9.42. The molecule has 6 heteroatoms. The monoisotopic (exact) mass is 473 g/mol. The summed E-state index contributed by atoms with van der Waals surface area (Å²) in [5, 5.41) is 3.73. The summed E-state index contributed by atoms with van der Waals surface area (Å²) < 4.78 is 23.1. The third kappa shape index (κ3) is 3.78. The van der Waals surface area contributed by atoms with Crippen LogP contribution >= 0.6 is 12.2 Å². The van der Waals surface area contributed by atoms with Gasteiger partial charge in [0.1, 0.15) is 17.2 Å². The molecule has 5 nitrogen and oxygen atoms in total. The Bertz CT molecular complexity index is 1330. The molecule has 0 fully saturated rings. The van der Waals surface area contributed by atoms with E-state index in [0.29, 0.717) is 5.75 Å². The van der Waals surface area contributed by atoms with Gasteiger partial charge in [0, 0.05) is 34.6 Å². The van der Waals surface area contributed by atoms with E-state index in [4.69, 9.17) is 31.2 Å². The Hall–Kier alpha value is -3.51. The molecule has 0 radical (unpaired) electrons. The molecule has 3 aromatic rings. The van der Waals surface area contributed by atoms with Crippen molar-refractivity contribution in [2.45, 2.75) is 32.4 Å². The maximum atomic E-state index is 6.69. The molecule has 0 aromatic heterocycles. The number of ether oxygens (including phenoxy) is 4. The Labute approximate surface area is 205 Å². The van der Waals surface area contributed by atoms with Crippen LogP contribution in [0.15, 0.2) is 60.7 Å². The van der Waals surface area contributed by atoms with Gasteiger partial charge in [-0.05, 0) is 62.2 Å². The molecule has 0 aliphatic carbocycles. The van der Waals surface area contributed by atoms with Crippen molar-refractivity contribution in [2.75, 3.05) is 19.5 Å². The molecule has 0 bridgehead atoms. The van der Waals surface area contributed by atoms with Crippen LogP contribution in [-0.4, -0.2) is 25.0 Å². The third-order valence-corrected chi connectivity index (χ3v) is 6.44. The number of methoxy groups -OCH3 is 2. The van der Waals surface area contributed by atoms with E-state index < -0.39 is 0 Å². The first kappa shape index (κ1) is 22.3. The first-order chi connectivity index (χ1) is 16.3. The Morgan fingerprint density at radius 1 is 1.03 bits per heavy atom. The van der Waals surface area contributed by atoms with Crippen molar-refractivity contribution in [3.63, 3.8) is 0 Å². The second-order valence-electron chi connectivity index (χ2n) is 9.08. The predicted molar refractivity (Wildman–Crippen MR) is 139 cm³/mol. The molecule has 2 aliphatic rings. The zero-order valence-electron chi connectivity index (χ0n) is 19.9. The van der Waals surface area contributed by atoms with E-state index in [9.17, 15) is 0 Å². The summed E-state index contributed by atoms with van der Waals surface area (Å²) in [6.45, 7) is 6.50. The quantitative estimate of drug-likeness (QED) is 0.424. The highest BCUT2D eigenvalue weighted by molar-refractivity contribution is 7.79. The van der Waals surface area contributed by atoms with E-state index >= 15 is 0 Å². The van der Waals surface area contributed by atoms with Crippen molar-refractivity contribution in [1.82, 2.24) is 0 Å². The average molecular weight is 474 g/mol. The molecule has 1 atom stereocenters. The summed E-state index contributed by atoms with van der Waals surface area (Å²) in [5.74, 6) is 2.16. The number of rotatable bonds is 3. The van der Waals surface area contributed by atoms with Crippen molar-refractivity contribution in [1.29, 1.82) is 0 Å². The third-order valence-electron chi connectivity index (χ3n) is 6.19. The topological polar surface area (TPSA) is 49.0 Å². The molecule has 1 unspecified atom stereocenters. The summed E-state index contributed by atoms with van der Waals surface area (Å²) in [5.41, 5.74) is 7.40. The van der Waals surface area contributed by atoms with Crippen molar-refractivity contribution >= 4 is 28.7 Å². The largest absolute Gasteiger partial charge is 0.496 e. The number of allylic oxidation sites excluding steroid dienone is 1. The number of hydrogen-bond acceptors (Lipinski definition) is 6. The van der Waals surface area contributed by atoms with E-state index in [1.807, 2.05) is 42.5 Å². The summed E-state index contributed by atoms with van der Waals surface area (Å²) in [6.07, 6.45) is 1.91. The van der Waals surface area contributed by atoms with Crippen LogP contribution in [0.5, 0.6) is 17.2 Å². The molecule has 3 aromatic carbocycles. The molecule has 0 amide bonds. The molecular weight excluding hydrogens is 446 g/mol. The normalized spacial score (nSPS) is 17.1. The standard InChI is InChI=1S/C28H27NO4S/c1-16-15-28(2,3)29-20-13-12-19-24-21(30-4)10-7-11-22(24)33-26(25(19)23(16)20)17-8-6-9-18(14-17)32-27(34)31-5/h6-15,26,29H,1-5H3. The zero-order chi connectivity index (χ0) is 24.0. The van der Waals surface area contributed by atoms with Gasteiger partial charge in [-0.2, -0.15) is 0 Å². The number of anilines is 1. The van der Waals surface area contributed by atoms with Gasteiger partial charge >= 0.3 is 5.24 Å². The fourth-order valence-corrected chi connectivity index (χ4v) is 5.08. The van der Waals surface area contributed by atoms with E-state index in [2.05, 4.69) is 44.3 Å². The van der Waals surface area contributed by atoms with E-state index in [1.54, 1.807) is 7.11 Å². The lowest BCUT2D eigenvalue weighted by Crippen LogP contribution is -2.32. The van der Waals surface area contributed by atoms with Gasteiger partial charge in [-0.15, -0.1) is 0 Å². The molecule has 174 valence electrons. The number of benzene rings is 3. The summed E-state index contributed by atoms with van der Waals surface area (Å²) in [4.78, 5) is 0. The van der Waals surface area contributed by atoms with Gasteiger partial charge in [0.15, 0.2) is 6.10 Å². The molecular formula is C28H27NO4S. The first-order valence-electron chi connectivity index (χ1n) is 11.2. The highest BCUT2D eigenvalue weighted by atomic mass is 32.1. The average Bonchev–Trinajstić information content (AvgIpc) is 2.81. The Morgan fingerprint density at radius 2 is 1.82 bits per heavy atom. The van der Waals surface area contributed by atoms with E-state index in [1.165, 1.54) is 12.7 Å². The zero-order valence-corrected chi connectivity index (χ0v) is 20.7. The minimum atomic E-state index is -0.351. The highest BCUT2D eigenvalue weighted by Gasteiger charge is 2.35. The molecule has 0 saturated heterocycles. The van der Waals surface area contributed by atoms with Gasteiger partial charge in [0.05, 0.1) is 25.3 Å². The predicted octanol–water partition coefficient (Wildman–Crippen LogP) is 6.76. The van der Waals surface area contributed by atoms with E-state index in [0.717, 1.165) is 45.0 Å². The van der Waals surface area contributed by atoms with Gasteiger partial charge in [-0.1, -0.05) is 30.3 Å². The van der Waals surface area contributed by atoms with Gasteiger partial charge in [0.2, 0.25) is 0 Å². The van der Waals surface area contributed by atoms with Crippen LogP contribution in [0.2, 0.25) is 0 Å². The molecule has 0 spiro atoms. The smallest absolute Gasteiger partial charge is 0.357 e. The Morgan fingerprint density at radius 3 is 2.59 bits per heavy atom. The lowest BCUT2D eigenvalue weighted by atomic mass is 9.80. The van der Waals surface area contributed by atoms with Crippen LogP contribution < -0.4 is 19.5 Å². The molecule has 1 N–H and O–H groups in total. The lowest BCUT2D eigenvalue weighted by Gasteiger charge is -2.37. The maximum absolute atomic E-state index is 6.69. The van der Waals surface area contributed by atoms with Crippen LogP contribution in [-0.2, 0) is 4.74 Å². The Kier molecular flexibility index (Phi) is 5.48. The minimum Gasteiger partial charge on any atom is -0.496 e. The number of fused-ring (bicyclic) bond motifs is 5. The minimum absolute atomic E-state index is 0.0692. The molecule has 5 rings (SSSR count). The summed E-state index contributed by atoms with van der Waals surface area (Å²) in [7, 11) is 3.18. The molecule has 34 heavy (non-hydrogen) atoms. The van der Waals surface area contributed by atoms with Gasteiger partial charge in [0.25, 0.3) is 0 Å². The fourth-order valence-electron chi connectivity index (χ4n) is 4.98. The second kappa shape index (κ2) is 8.37. The van der Waals surface area contributed by atoms with Gasteiger partial charge in [-0.25, -0.2) is 0 Å². The lowest BCUT2D eigenvalue weighted by molar-refractivity contribution is 0.241. The fraction of sp³-hybridized carbons (Fsp3) is 0.250. The van der Waals surface area contributed by atoms with Crippen LogP contribution in [0.4, 0.5) is 5.69 Å². The molecule has 0 saturated carbocycles. The maximum Gasteiger partial charge on any atom is 0.357 e. The summed E-state index contributed by atoms with van der Waals surface area (Å²) >= 11 is 5.09. The van der Waals surface area contributed by atoms with Crippen molar-refractivity contribution in [3.05, 3.63) is 77.4 Å². The SMILES string of the molecule is COC(=S)Oc1cccc(C2Oc3cccc(OC)c3-c3ccc4c(c32)C(C)=CC(C)(C)N4)c1. The van der Waals surface area contributed by atoms with Crippen LogP contribution in [0, 0.1) is 0 Å². The van der Waals surface area contributed by atoms with Crippen molar-refractivity contribution in [3.8, 4) is 28.4 Å². The Balaban J connectivity index is 1.74. The molecule has 2 heterocycles. The number of nitrogens with one attached hydrogen (secondary N) is 1. The first-order valence-corrected chi connectivity index (χ1v) is 11.6. The van der Waals surface area contributed by atoms with Crippen molar-refractivity contribution in [2.24, 2.45) is 0 Å². The summed E-state index contributed by atoms with van der Waals surface area (Å²) in [6, 6.07) is 18.0.